The first-order valence-electron chi connectivity index (χ1n) is 6.12. The summed E-state index contributed by atoms with van der Waals surface area (Å²) in [6, 6.07) is 0. The summed E-state index contributed by atoms with van der Waals surface area (Å²) in [5.74, 6) is 2.52. The zero-order valence-corrected chi connectivity index (χ0v) is 9.15. The standard InChI is InChI=1S/C13H22O/c1-10-4-2-3-5-13(10)11-6-8-12(14)9-7-11/h3,5,10-14H,2,4,6-9H2,1H3/t10-,11?,12?,13+/m0/s1. The second-order valence-electron chi connectivity index (χ2n) is 5.13. The fourth-order valence-corrected chi connectivity index (χ4v) is 3.10. The van der Waals surface area contributed by atoms with Crippen molar-refractivity contribution in [3.8, 4) is 0 Å². The molecule has 0 aromatic rings. The lowest BCUT2D eigenvalue weighted by molar-refractivity contribution is 0.0872. The molecule has 0 aliphatic heterocycles. The molecule has 0 heterocycles. The number of aliphatic hydroxyl groups is 1. The van der Waals surface area contributed by atoms with Gasteiger partial charge in [-0.3, -0.25) is 0 Å². The van der Waals surface area contributed by atoms with Crippen LogP contribution in [-0.2, 0) is 0 Å². The van der Waals surface area contributed by atoms with Gasteiger partial charge >= 0.3 is 0 Å². The molecule has 0 aromatic carbocycles. The van der Waals surface area contributed by atoms with Gasteiger partial charge in [-0.05, 0) is 56.3 Å². The van der Waals surface area contributed by atoms with Crippen molar-refractivity contribution in [2.45, 2.75) is 51.6 Å². The van der Waals surface area contributed by atoms with E-state index in [1.54, 1.807) is 0 Å². The van der Waals surface area contributed by atoms with Crippen LogP contribution in [0.2, 0.25) is 0 Å². The highest BCUT2D eigenvalue weighted by Crippen LogP contribution is 2.38. The van der Waals surface area contributed by atoms with Crippen molar-refractivity contribution >= 4 is 0 Å². The summed E-state index contributed by atoms with van der Waals surface area (Å²) in [6.45, 7) is 2.39. The van der Waals surface area contributed by atoms with Crippen LogP contribution in [0.5, 0.6) is 0 Å². The van der Waals surface area contributed by atoms with Crippen LogP contribution >= 0.6 is 0 Å². The van der Waals surface area contributed by atoms with Gasteiger partial charge in [-0.2, -0.15) is 0 Å². The second kappa shape index (κ2) is 4.48. The Morgan fingerprint density at radius 2 is 1.79 bits per heavy atom. The van der Waals surface area contributed by atoms with E-state index in [0.717, 1.165) is 30.6 Å². The van der Waals surface area contributed by atoms with E-state index < -0.39 is 0 Å². The number of hydrogen-bond donors (Lipinski definition) is 1. The maximum atomic E-state index is 9.47. The molecule has 80 valence electrons. The third-order valence-corrected chi connectivity index (χ3v) is 4.09. The van der Waals surface area contributed by atoms with Gasteiger partial charge in [0.05, 0.1) is 6.10 Å². The summed E-state index contributed by atoms with van der Waals surface area (Å²) in [5, 5.41) is 9.47. The molecule has 2 atom stereocenters. The molecule has 0 spiro atoms. The summed E-state index contributed by atoms with van der Waals surface area (Å²) in [6.07, 6.45) is 12.0. The molecule has 14 heavy (non-hydrogen) atoms. The molecule has 0 aromatic heterocycles. The molecule has 0 unspecified atom stereocenters. The Hall–Kier alpha value is -0.300. The molecule has 2 aliphatic rings. The van der Waals surface area contributed by atoms with E-state index in [1.807, 2.05) is 0 Å². The van der Waals surface area contributed by atoms with Crippen LogP contribution in [0.3, 0.4) is 0 Å². The molecule has 1 fully saturated rings. The first-order valence-corrected chi connectivity index (χ1v) is 6.12. The second-order valence-corrected chi connectivity index (χ2v) is 5.13. The van der Waals surface area contributed by atoms with Crippen molar-refractivity contribution in [2.75, 3.05) is 0 Å². The lowest BCUT2D eigenvalue weighted by Crippen LogP contribution is -2.27. The van der Waals surface area contributed by atoms with Crippen LogP contribution in [-0.4, -0.2) is 11.2 Å². The van der Waals surface area contributed by atoms with Gasteiger partial charge in [0, 0.05) is 0 Å². The summed E-state index contributed by atoms with van der Waals surface area (Å²) < 4.78 is 0. The molecule has 0 radical (unpaired) electrons. The van der Waals surface area contributed by atoms with E-state index in [-0.39, 0.29) is 6.10 Å². The summed E-state index contributed by atoms with van der Waals surface area (Å²) in [5.41, 5.74) is 0. The van der Waals surface area contributed by atoms with E-state index in [9.17, 15) is 5.11 Å². The Labute approximate surface area is 87.2 Å². The topological polar surface area (TPSA) is 20.2 Å². The minimum atomic E-state index is -0.00544. The van der Waals surface area contributed by atoms with Crippen molar-refractivity contribution < 1.29 is 5.11 Å². The Kier molecular flexibility index (Phi) is 3.27. The van der Waals surface area contributed by atoms with Crippen LogP contribution < -0.4 is 0 Å². The van der Waals surface area contributed by atoms with Gasteiger partial charge in [0.25, 0.3) is 0 Å². The number of allylic oxidation sites excluding steroid dienone is 2. The van der Waals surface area contributed by atoms with Crippen LogP contribution in [0.1, 0.15) is 45.4 Å². The molecule has 0 bridgehead atoms. The Balaban J connectivity index is 1.93. The Bertz CT molecular complexity index is 201. The van der Waals surface area contributed by atoms with Crippen molar-refractivity contribution in [1.29, 1.82) is 0 Å². The first-order chi connectivity index (χ1) is 6.77. The first kappa shape index (κ1) is 10.2. The third kappa shape index (κ3) is 2.20. The number of hydrogen-bond acceptors (Lipinski definition) is 1. The van der Waals surface area contributed by atoms with Gasteiger partial charge in [-0.15, -0.1) is 0 Å². The summed E-state index contributed by atoms with van der Waals surface area (Å²) in [7, 11) is 0. The van der Waals surface area contributed by atoms with Gasteiger partial charge in [0.2, 0.25) is 0 Å². The summed E-state index contributed by atoms with van der Waals surface area (Å²) >= 11 is 0. The van der Waals surface area contributed by atoms with E-state index >= 15 is 0 Å². The molecule has 1 saturated carbocycles. The molecule has 0 amide bonds. The molecule has 1 nitrogen and oxygen atoms in total. The van der Waals surface area contributed by atoms with Crippen molar-refractivity contribution in [1.82, 2.24) is 0 Å². The quantitative estimate of drug-likeness (QED) is 0.636. The minimum Gasteiger partial charge on any atom is -0.393 e. The van der Waals surface area contributed by atoms with Gasteiger partial charge in [-0.1, -0.05) is 19.1 Å². The van der Waals surface area contributed by atoms with Gasteiger partial charge in [0.15, 0.2) is 0 Å². The van der Waals surface area contributed by atoms with Crippen LogP contribution in [0, 0.1) is 17.8 Å². The Morgan fingerprint density at radius 1 is 1.07 bits per heavy atom. The Morgan fingerprint density at radius 3 is 2.43 bits per heavy atom. The van der Waals surface area contributed by atoms with Gasteiger partial charge < -0.3 is 5.11 Å². The van der Waals surface area contributed by atoms with E-state index in [2.05, 4.69) is 19.1 Å². The fraction of sp³-hybridized carbons (Fsp3) is 0.846. The molecule has 2 rings (SSSR count). The van der Waals surface area contributed by atoms with E-state index in [4.69, 9.17) is 0 Å². The number of rotatable bonds is 1. The molecular formula is C13H22O. The lowest BCUT2D eigenvalue weighted by atomic mass is 9.71. The van der Waals surface area contributed by atoms with Gasteiger partial charge in [0.1, 0.15) is 0 Å². The zero-order valence-electron chi connectivity index (χ0n) is 9.15. The maximum Gasteiger partial charge on any atom is 0.0540 e. The SMILES string of the molecule is C[C@H]1CCC=C[C@H]1C1CCC(O)CC1. The average Bonchev–Trinajstić information content (AvgIpc) is 2.20. The smallest absolute Gasteiger partial charge is 0.0540 e. The highest BCUT2D eigenvalue weighted by atomic mass is 16.3. The molecule has 1 heteroatoms. The summed E-state index contributed by atoms with van der Waals surface area (Å²) in [4.78, 5) is 0. The van der Waals surface area contributed by atoms with Gasteiger partial charge in [-0.25, -0.2) is 0 Å². The molecule has 1 N–H and O–H groups in total. The predicted molar refractivity (Wildman–Crippen MR) is 59.0 cm³/mol. The zero-order chi connectivity index (χ0) is 9.97. The van der Waals surface area contributed by atoms with Crippen LogP contribution in [0.4, 0.5) is 0 Å². The highest BCUT2D eigenvalue weighted by Gasteiger charge is 2.29. The third-order valence-electron chi connectivity index (χ3n) is 4.09. The normalized spacial score (nSPS) is 43.9. The molecule has 2 aliphatic carbocycles. The minimum absolute atomic E-state index is 0.00544. The maximum absolute atomic E-state index is 9.47. The van der Waals surface area contributed by atoms with Crippen molar-refractivity contribution in [3.05, 3.63) is 12.2 Å². The van der Waals surface area contributed by atoms with Crippen molar-refractivity contribution in [2.24, 2.45) is 17.8 Å². The fourth-order valence-electron chi connectivity index (χ4n) is 3.10. The average molecular weight is 194 g/mol. The molecule has 0 saturated heterocycles. The van der Waals surface area contributed by atoms with E-state index in [0.29, 0.717) is 0 Å². The van der Waals surface area contributed by atoms with E-state index in [1.165, 1.54) is 25.7 Å². The predicted octanol–water partition coefficient (Wildman–Crippen LogP) is 3.14. The van der Waals surface area contributed by atoms with Crippen LogP contribution in [0.25, 0.3) is 0 Å². The molecular weight excluding hydrogens is 172 g/mol. The monoisotopic (exact) mass is 194 g/mol. The van der Waals surface area contributed by atoms with Crippen molar-refractivity contribution in [3.63, 3.8) is 0 Å². The van der Waals surface area contributed by atoms with Crippen LogP contribution in [0.15, 0.2) is 12.2 Å². The lowest BCUT2D eigenvalue weighted by Gasteiger charge is -2.35. The highest BCUT2D eigenvalue weighted by molar-refractivity contribution is 4.99. The largest absolute Gasteiger partial charge is 0.393 e. The number of aliphatic hydroxyl groups excluding tert-OH is 1.